The van der Waals surface area contributed by atoms with Crippen molar-refractivity contribution in [1.29, 1.82) is 0 Å². The second-order valence-corrected chi connectivity index (χ2v) is 5.52. The van der Waals surface area contributed by atoms with Crippen LogP contribution in [-0.4, -0.2) is 6.54 Å². The van der Waals surface area contributed by atoms with Crippen LogP contribution in [0.3, 0.4) is 0 Å². The average Bonchev–Trinajstić information content (AvgIpc) is 2.88. The maximum Gasteiger partial charge on any atom is 0.416 e. The number of hydrogen-bond donors (Lipinski definition) is 2. The monoisotopic (exact) mass is 286 g/mol. The smallest absolute Gasteiger partial charge is 0.397 e. The third-order valence-corrected chi connectivity index (χ3v) is 3.96. The number of benzene rings is 1. The molecule has 0 heterocycles. The van der Waals surface area contributed by atoms with Crippen molar-refractivity contribution in [2.24, 2.45) is 5.92 Å². The molecule has 1 saturated carbocycles. The summed E-state index contributed by atoms with van der Waals surface area (Å²) in [6, 6.07) is 3.46. The molecule has 3 N–H and O–H groups in total. The quantitative estimate of drug-likeness (QED) is 0.609. The first-order valence-corrected chi connectivity index (χ1v) is 7.17. The van der Waals surface area contributed by atoms with Crippen molar-refractivity contribution < 1.29 is 13.2 Å². The zero-order valence-electron chi connectivity index (χ0n) is 11.5. The summed E-state index contributed by atoms with van der Waals surface area (Å²) >= 11 is 0. The SMILES string of the molecule is Nc1cc(C(F)(F)F)ccc1NCCCC1CCCC1. The van der Waals surface area contributed by atoms with Gasteiger partial charge in [-0.3, -0.25) is 0 Å². The van der Waals surface area contributed by atoms with Gasteiger partial charge >= 0.3 is 6.18 Å². The number of alkyl halides is 3. The van der Waals surface area contributed by atoms with E-state index in [9.17, 15) is 13.2 Å². The van der Waals surface area contributed by atoms with Gasteiger partial charge in [-0.05, 0) is 37.0 Å². The second kappa shape index (κ2) is 6.37. The summed E-state index contributed by atoms with van der Waals surface area (Å²) in [4.78, 5) is 0. The maximum atomic E-state index is 12.5. The van der Waals surface area contributed by atoms with Crippen LogP contribution in [-0.2, 0) is 6.18 Å². The van der Waals surface area contributed by atoms with E-state index in [0.29, 0.717) is 5.69 Å². The molecule has 0 aromatic heterocycles. The first kappa shape index (κ1) is 15.0. The van der Waals surface area contributed by atoms with Gasteiger partial charge in [0.2, 0.25) is 0 Å². The fraction of sp³-hybridized carbons (Fsp3) is 0.600. The van der Waals surface area contributed by atoms with Crippen LogP contribution in [0, 0.1) is 5.92 Å². The van der Waals surface area contributed by atoms with Crippen molar-refractivity contribution in [3.8, 4) is 0 Å². The Bertz CT molecular complexity index is 437. The highest BCUT2D eigenvalue weighted by Gasteiger charge is 2.30. The summed E-state index contributed by atoms with van der Waals surface area (Å²) in [5.74, 6) is 0.835. The van der Waals surface area contributed by atoms with Crippen molar-refractivity contribution in [2.75, 3.05) is 17.6 Å². The van der Waals surface area contributed by atoms with E-state index in [1.165, 1.54) is 38.2 Å². The molecule has 0 atom stereocenters. The van der Waals surface area contributed by atoms with Crippen LogP contribution in [0.5, 0.6) is 0 Å². The Kier molecular flexibility index (Phi) is 4.78. The van der Waals surface area contributed by atoms with E-state index in [2.05, 4.69) is 5.32 Å². The van der Waals surface area contributed by atoms with E-state index in [0.717, 1.165) is 31.0 Å². The standard InChI is InChI=1S/C15H21F3N2/c16-15(17,18)12-7-8-14(13(19)10-12)20-9-3-6-11-4-1-2-5-11/h7-8,10-11,20H,1-6,9,19H2. The summed E-state index contributed by atoms with van der Waals surface area (Å²) in [5, 5.41) is 3.12. The maximum absolute atomic E-state index is 12.5. The second-order valence-electron chi connectivity index (χ2n) is 5.52. The van der Waals surface area contributed by atoms with Crippen molar-refractivity contribution >= 4 is 11.4 Å². The molecule has 0 radical (unpaired) electrons. The lowest BCUT2D eigenvalue weighted by atomic mass is 10.0. The Morgan fingerprint density at radius 1 is 1.20 bits per heavy atom. The van der Waals surface area contributed by atoms with Crippen LogP contribution >= 0.6 is 0 Å². The first-order valence-electron chi connectivity index (χ1n) is 7.17. The lowest BCUT2D eigenvalue weighted by Gasteiger charge is -2.13. The summed E-state index contributed by atoms with van der Waals surface area (Å²) in [6.07, 6.45) is 3.20. The van der Waals surface area contributed by atoms with Crippen LogP contribution in [0.2, 0.25) is 0 Å². The molecule has 0 spiro atoms. The topological polar surface area (TPSA) is 38.0 Å². The molecule has 0 amide bonds. The Hall–Kier alpha value is -1.39. The first-order chi connectivity index (χ1) is 9.47. The van der Waals surface area contributed by atoms with Crippen molar-refractivity contribution in [3.05, 3.63) is 23.8 Å². The molecule has 1 aliphatic rings. The Balaban J connectivity index is 1.80. The normalized spacial score (nSPS) is 16.6. The molecule has 1 aliphatic carbocycles. The molecule has 0 saturated heterocycles. The Labute approximate surface area is 117 Å². The zero-order valence-corrected chi connectivity index (χ0v) is 11.5. The highest BCUT2D eigenvalue weighted by molar-refractivity contribution is 5.67. The molecule has 1 aromatic carbocycles. The van der Waals surface area contributed by atoms with Crippen molar-refractivity contribution in [3.63, 3.8) is 0 Å². The average molecular weight is 286 g/mol. The van der Waals surface area contributed by atoms with Gasteiger partial charge in [-0.1, -0.05) is 25.7 Å². The highest BCUT2D eigenvalue weighted by Crippen LogP contribution is 2.33. The number of halogens is 3. The lowest BCUT2D eigenvalue weighted by Crippen LogP contribution is -2.09. The molecule has 0 aliphatic heterocycles. The van der Waals surface area contributed by atoms with Gasteiger partial charge in [0, 0.05) is 6.54 Å². The lowest BCUT2D eigenvalue weighted by molar-refractivity contribution is -0.137. The van der Waals surface area contributed by atoms with E-state index >= 15 is 0 Å². The Morgan fingerprint density at radius 2 is 1.90 bits per heavy atom. The van der Waals surface area contributed by atoms with E-state index in [1.54, 1.807) is 0 Å². The summed E-state index contributed by atoms with van der Waals surface area (Å²) < 4.78 is 37.5. The third kappa shape index (κ3) is 4.05. The van der Waals surface area contributed by atoms with Crippen LogP contribution in [0.1, 0.15) is 44.1 Å². The molecule has 20 heavy (non-hydrogen) atoms. The van der Waals surface area contributed by atoms with Gasteiger partial charge in [0.05, 0.1) is 16.9 Å². The van der Waals surface area contributed by atoms with E-state index in [-0.39, 0.29) is 5.69 Å². The number of anilines is 2. The van der Waals surface area contributed by atoms with Crippen LogP contribution < -0.4 is 11.1 Å². The summed E-state index contributed by atoms with van der Waals surface area (Å²) in [7, 11) is 0. The molecular weight excluding hydrogens is 265 g/mol. The Morgan fingerprint density at radius 3 is 2.50 bits per heavy atom. The minimum absolute atomic E-state index is 0.153. The molecule has 1 fully saturated rings. The molecule has 0 bridgehead atoms. The highest BCUT2D eigenvalue weighted by atomic mass is 19.4. The summed E-state index contributed by atoms with van der Waals surface area (Å²) in [6.45, 7) is 0.756. The van der Waals surface area contributed by atoms with Crippen LogP contribution in [0.25, 0.3) is 0 Å². The molecule has 2 nitrogen and oxygen atoms in total. The van der Waals surface area contributed by atoms with Crippen LogP contribution in [0.4, 0.5) is 24.5 Å². The molecule has 1 aromatic rings. The van der Waals surface area contributed by atoms with E-state index in [1.807, 2.05) is 0 Å². The fourth-order valence-corrected chi connectivity index (χ4v) is 2.81. The van der Waals surface area contributed by atoms with Crippen molar-refractivity contribution in [2.45, 2.75) is 44.7 Å². The van der Waals surface area contributed by atoms with Crippen LogP contribution in [0.15, 0.2) is 18.2 Å². The molecule has 0 unspecified atom stereocenters. The predicted molar refractivity (Wildman–Crippen MR) is 75.5 cm³/mol. The summed E-state index contributed by atoms with van der Waals surface area (Å²) in [5.41, 5.74) is 5.70. The van der Waals surface area contributed by atoms with E-state index in [4.69, 9.17) is 5.73 Å². The molecular formula is C15H21F3N2. The van der Waals surface area contributed by atoms with Crippen molar-refractivity contribution in [1.82, 2.24) is 0 Å². The number of nitrogen functional groups attached to an aromatic ring is 1. The van der Waals surface area contributed by atoms with Gasteiger partial charge in [-0.25, -0.2) is 0 Å². The van der Waals surface area contributed by atoms with Gasteiger partial charge < -0.3 is 11.1 Å². The number of nitrogens with two attached hydrogens (primary N) is 1. The number of rotatable bonds is 5. The molecule has 112 valence electrons. The van der Waals surface area contributed by atoms with Gasteiger partial charge in [0.25, 0.3) is 0 Å². The van der Waals surface area contributed by atoms with Gasteiger partial charge in [-0.2, -0.15) is 13.2 Å². The third-order valence-electron chi connectivity index (χ3n) is 3.96. The number of nitrogens with one attached hydrogen (secondary N) is 1. The van der Waals surface area contributed by atoms with E-state index < -0.39 is 11.7 Å². The fourth-order valence-electron chi connectivity index (χ4n) is 2.81. The number of hydrogen-bond acceptors (Lipinski definition) is 2. The van der Waals surface area contributed by atoms with Gasteiger partial charge in [0.15, 0.2) is 0 Å². The minimum atomic E-state index is -4.34. The zero-order chi connectivity index (χ0) is 14.6. The molecule has 2 rings (SSSR count). The minimum Gasteiger partial charge on any atom is -0.397 e. The van der Waals surface area contributed by atoms with Gasteiger partial charge in [-0.15, -0.1) is 0 Å². The largest absolute Gasteiger partial charge is 0.416 e. The van der Waals surface area contributed by atoms with Gasteiger partial charge in [0.1, 0.15) is 0 Å². The molecule has 5 heteroatoms. The predicted octanol–water partition coefficient (Wildman–Crippen LogP) is 4.67.